The first kappa shape index (κ1) is 26.9. The second kappa shape index (κ2) is 10.5. The lowest BCUT2D eigenvalue weighted by Crippen LogP contribution is -2.51. The second-order valence-electron chi connectivity index (χ2n) is 12.2. The zero-order valence-electron chi connectivity index (χ0n) is 22.3. The summed E-state index contributed by atoms with van der Waals surface area (Å²) in [7, 11) is 0. The fourth-order valence-electron chi connectivity index (χ4n) is 8.12. The highest BCUT2D eigenvalue weighted by molar-refractivity contribution is 5.96. The average molecular weight is 525 g/mol. The molecule has 1 aromatic carbocycles. The van der Waals surface area contributed by atoms with E-state index in [-0.39, 0.29) is 16.9 Å². The maximum Gasteiger partial charge on any atom is 0.329 e. The standard InChI is InChI=1S/C30H40N2O6/c1-29-14-12-20(16-19(29)8-9-21-22-10-11-24(33)30(22,2)15-13-23(21)29)32-38-17-25(34)31-26(28(36)37)27(35)18-6-4-3-5-7-18/h3-7,16,21-24,26-27,33,35H,8-15,17H2,1-2H3,(H,31,34)(H,36,37)/b32-20-/t21-,22-,23-,24-,26-,27+,29-,30-/m0/s1. The number of carbonyl (C=O) groups excluding carboxylic acids is 1. The van der Waals surface area contributed by atoms with Gasteiger partial charge in [0.15, 0.2) is 12.6 Å². The molecule has 8 heteroatoms. The minimum Gasteiger partial charge on any atom is -0.480 e. The Morgan fingerprint density at radius 2 is 1.84 bits per heavy atom. The van der Waals surface area contributed by atoms with E-state index in [1.54, 1.807) is 30.3 Å². The van der Waals surface area contributed by atoms with E-state index < -0.39 is 30.6 Å². The number of fused-ring (bicyclic) bond motifs is 5. The third kappa shape index (κ3) is 4.77. The molecular weight excluding hydrogens is 484 g/mol. The van der Waals surface area contributed by atoms with Crippen molar-refractivity contribution in [1.82, 2.24) is 5.32 Å². The second-order valence-corrected chi connectivity index (χ2v) is 12.2. The van der Waals surface area contributed by atoms with E-state index in [0.29, 0.717) is 23.3 Å². The van der Waals surface area contributed by atoms with E-state index in [9.17, 15) is 24.9 Å². The molecule has 0 aromatic heterocycles. The molecule has 38 heavy (non-hydrogen) atoms. The maximum atomic E-state index is 12.4. The molecule has 0 heterocycles. The largest absolute Gasteiger partial charge is 0.480 e. The number of carboxylic acids is 1. The fraction of sp³-hybridized carbons (Fsp3) is 0.633. The molecule has 1 aromatic rings. The van der Waals surface area contributed by atoms with Crippen molar-refractivity contribution >= 4 is 17.6 Å². The lowest BCUT2D eigenvalue weighted by Gasteiger charge is -2.57. The normalized spacial score (nSPS) is 36.7. The molecule has 0 radical (unpaired) electrons. The Hall–Kier alpha value is -2.71. The van der Waals surface area contributed by atoms with Crippen molar-refractivity contribution in [3.63, 3.8) is 0 Å². The van der Waals surface area contributed by atoms with Gasteiger partial charge in [0.25, 0.3) is 5.91 Å². The summed E-state index contributed by atoms with van der Waals surface area (Å²) >= 11 is 0. The zero-order valence-corrected chi connectivity index (χ0v) is 22.3. The van der Waals surface area contributed by atoms with Gasteiger partial charge in [0.05, 0.1) is 11.8 Å². The minimum atomic E-state index is -1.49. The number of hydrogen-bond acceptors (Lipinski definition) is 6. The summed E-state index contributed by atoms with van der Waals surface area (Å²) in [4.78, 5) is 29.4. The third-order valence-corrected chi connectivity index (χ3v) is 10.3. The van der Waals surface area contributed by atoms with Gasteiger partial charge < -0.3 is 25.5 Å². The molecule has 5 rings (SSSR count). The van der Waals surface area contributed by atoms with Gasteiger partial charge in [0.2, 0.25) is 0 Å². The first-order valence-corrected chi connectivity index (χ1v) is 14.0. The highest BCUT2D eigenvalue weighted by Crippen LogP contribution is 2.65. The van der Waals surface area contributed by atoms with Crippen LogP contribution in [0, 0.1) is 28.6 Å². The summed E-state index contributed by atoms with van der Waals surface area (Å²) in [5.41, 5.74) is 2.83. The number of aliphatic carboxylic acids is 1. The van der Waals surface area contributed by atoms with E-state index in [1.165, 1.54) is 5.57 Å². The van der Waals surface area contributed by atoms with Crippen molar-refractivity contribution in [3.8, 4) is 0 Å². The number of oxime groups is 1. The topological polar surface area (TPSA) is 128 Å². The molecule has 3 saturated carbocycles. The van der Waals surface area contributed by atoms with Crippen molar-refractivity contribution in [2.45, 2.75) is 83.5 Å². The molecule has 0 saturated heterocycles. The van der Waals surface area contributed by atoms with Crippen molar-refractivity contribution in [3.05, 3.63) is 47.5 Å². The number of hydrogen-bond donors (Lipinski definition) is 4. The van der Waals surface area contributed by atoms with Crippen LogP contribution >= 0.6 is 0 Å². The Kier molecular flexibility index (Phi) is 7.40. The van der Waals surface area contributed by atoms with Gasteiger partial charge in [-0.1, -0.05) is 54.9 Å². The molecule has 0 aliphatic heterocycles. The number of carboxylic acid groups (broad SMARTS) is 1. The van der Waals surface area contributed by atoms with Crippen LogP contribution in [0.25, 0.3) is 0 Å². The molecule has 4 aliphatic rings. The molecule has 0 unspecified atom stereocenters. The van der Waals surface area contributed by atoms with Gasteiger partial charge in [-0.15, -0.1) is 0 Å². The summed E-state index contributed by atoms with van der Waals surface area (Å²) < 4.78 is 0. The number of nitrogens with zero attached hydrogens (tertiary/aromatic N) is 1. The molecule has 4 N–H and O–H groups in total. The summed E-state index contributed by atoms with van der Waals surface area (Å²) in [6.45, 7) is 4.28. The molecule has 8 atom stereocenters. The monoisotopic (exact) mass is 524 g/mol. The molecule has 0 bridgehead atoms. The number of allylic oxidation sites excluding steroid dienone is 2. The lowest BCUT2D eigenvalue weighted by molar-refractivity contribution is -0.146. The van der Waals surface area contributed by atoms with Crippen LogP contribution in [0.15, 0.2) is 47.1 Å². The van der Waals surface area contributed by atoms with E-state index >= 15 is 0 Å². The average Bonchev–Trinajstić information content (AvgIpc) is 3.21. The Morgan fingerprint density at radius 3 is 2.58 bits per heavy atom. The molecule has 4 aliphatic carbocycles. The summed E-state index contributed by atoms with van der Waals surface area (Å²) in [5, 5.41) is 37.2. The van der Waals surface area contributed by atoms with Crippen LogP contribution < -0.4 is 5.32 Å². The van der Waals surface area contributed by atoms with Crippen molar-refractivity contribution in [2.24, 2.45) is 33.7 Å². The Bertz CT molecular complexity index is 1120. The summed E-state index contributed by atoms with van der Waals surface area (Å²) in [6, 6.07) is 6.87. The van der Waals surface area contributed by atoms with Crippen LogP contribution in [0.4, 0.5) is 0 Å². The molecule has 3 fully saturated rings. The van der Waals surface area contributed by atoms with Gasteiger partial charge in [0, 0.05) is 0 Å². The van der Waals surface area contributed by atoms with Crippen LogP contribution in [0.1, 0.15) is 76.9 Å². The Balaban J connectivity index is 1.19. The van der Waals surface area contributed by atoms with Crippen molar-refractivity contribution in [2.75, 3.05) is 6.61 Å². The SMILES string of the molecule is C[C@]12CC[C@H]3[C@@H](CCC4=C/C(=N\OCC(=O)N[C@H](C(=O)O)[C@H](O)c5ccccc5)CC[C@@]43C)[C@@H]1CC[C@@H]2O. The number of rotatable bonds is 7. The Labute approximate surface area is 224 Å². The van der Waals surface area contributed by atoms with Gasteiger partial charge in [-0.05, 0) is 91.6 Å². The highest BCUT2D eigenvalue weighted by atomic mass is 16.6. The van der Waals surface area contributed by atoms with Gasteiger partial charge in [-0.25, -0.2) is 4.79 Å². The first-order chi connectivity index (χ1) is 18.1. The van der Waals surface area contributed by atoms with E-state index in [1.807, 2.05) is 0 Å². The molecular formula is C30H40N2O6. The highest BCUT2D eigenvalue weighted by Gasteiger charge is 2.58. The Morgan fingerprint density at radius 1 is 1.08 bits per heavy atom. The van der Waals surface area contributed by atoms with Gasteiger partial charge in [0.1, 0.15) is 6.10 Å². The van der Waals surface area contributed by atoms with Crippen molar-refractivity contribution < 1.29 is 29.7 Å². The van der Waals surface area contributed by atoms with E-state index in [2.05, 4.69) is 30.4 Å². The predicted octanol–water partition coefficient (Wildman–Crippen LogP) is 3.99. The first-order valence-electron chi connectivity index (χ1n) is 14.0. The molecule has 1 amide bonds. The van der Waals surface area contributed by atoms with E-state index in [4.69, 9.17) is 4.84 Å². The minimum absolute atomic E-state index is 0.0746. The van der Waals surface area contributed by atoms with Gasteiger partial charge in [-0.2, -0.15) is 0 Å². The zero-order chi connectivity index (χ0) is 27.1. The summed E-state index contributed by atoms with van der Waals surface area (Å²) in [5.74, 6) is -0.0813. The number of aliphatic hydroxyl groups excluding tert-OH is 2. The molecule has 8 nitrogen and oxygen atoms in total. The van der Waals surface area contributed by atoms with Gasteiger partial charge in [-0.3, -0.25) is 4.79 Å². The smallest absolute Gasteiger partial charge is 0.329 e. The molecule has 206 valence electrons. The number of amides is 1. The predicted molar refractivity (Wildman–Crippen MR) is 142 cm³/mol. The third-order valence-electron chi connectivity index (χ3n) is 10.3. The van der Waals surface area contributed by atoms with Crippen LogP contribution in [-0.2, 0) is 14.4 Å². The van der Waals surface area contributed by atoms with Crippen LogP contribution in [0.3, 0.4) is 0 Å². The summed E-state index contributed by atoms with van der Waals surface area (Å²) in [6.07, 6.45) is 8.86. The molecule has 0 spiro atoms. The quantitative estimate of drug-likeness (QED) is 0.400. The lowest BCUT2D eigenvalue weighted by atomic mass is 9.47. The maximum absolute atomic E-state index is 12.4. The fourth-order valence-corrected chi connectivity index (χ4v) is 8.12. The number of aliphatic hydroxyl groups is 2. The van der Waals surface area contributed by atoms with E-state index in [0.717, 1.165) is 57.1 Å². The van der Waals surface area contributed by atoms with Crippen LogP contribution in [0.2, 0.25) is 0 Å². The van der Waals surface area contributed by atoms with Crippen LogP contribution in [0.5, 0.6) is 0 Å². The number of benzene rings is 1. The number of nitrogens with one attached hydrogen (secondary N) is 1. The van der Waals surface area contributed by atoms with Crippen LogP contribution in [-0.4, -0.2) is 51.7 Å². The number of carbonyl (C=O) groups is 2. The van der Waals surface area contributed by atoms with Crippen molar-refractivity contribution in [1.29, 1.82) is 0 Å². The van der Waals surface area contributed by atoms with Gasteiger partial charge >= 0.3 is 5.97 Å².